The Balaban J connectivity index is 1.57. The number of rotatable bonds is 13. The molecule has 0 aliphatic carbocycles. The molecule has 236 valence electrons. The molecule has 0 saturated carbocycles. The number of aromatic nitrogens is 2. The number of fused-ring (bicyclic) bond motifs is 1. The Morgan fingerprint density at radius 2 is 2.00 bits per heavy atom. The zero-order chi connectivity index (χ0) is 31.9. The summed E-state index contributed by atoms with van der Waals surface area (Å²) in [4.78, 5) is 38.6. The fourth-order valence-electron chi connectivity index (χ4n) is 4.58. The molecule has 0 bridgehead atoms. The summed E-state index contributed by atoms with van der Waals surface area (Å²) in [6.45, 7) is 2.98. The van der Waals surface area contributed by atoms with Crippen LogP contribution < -0.4 is 21.1 Å². The van der Waals surface area contributed by atoms with Crippen molar-refractivity contribution in [1.29, 1.82) is 0 Å². The zero-order valence-electron chi connectivity index (χ0n) is 24.0. The molecular weight excluding hydrogens is 617 g/mol. The maximum absolute atomic E-state index is 14.2. The third-order valence-corrected chi connectivity index (χ3v) is 8.82. The largest absolute Gasteiger partial charge is 0.481 e. The van der Waals surface area contributed by atoms with Crippen molar-refractivity contribution < 1.29 is 38.3 Å². The van der Waals surface area contributed by atoms with Gasteiger partial charge < -0.3 is 28.9 Å². The number of H-pyrrole nitrogens is 1. The predicted octanol–water partition coefficient (Wildman–Crippen LogP) is 2.45. The Kier molecular flexibility index (Phi) is 11.0. The number of unbranched alkanes of at least 4 members (excludes halogenated alkanes) is 1. The number of carbonyl (C=O) groups is 1. The molecule has 4 rings (SSSR count). The van der Waals surface area contributed by atoms with Crippen LogP contribution in [0.3, 0.4) is 0 Å². The third-order valence-electron chi connectivity index (χ3n) is 6.91. The number of carbonyl (C=O) groups excluding carboxylic acids is 1. The van der Waals surface area contributed by atoms with Gasteiger partial charge in [0.15, 0.2) is 12.6 Å². The molecule has 6 atom stereocenters. The van der Waals surface area contributed by atoms with Gasteiger partial charge in [-0.15, -0.1) is 0 Å². The predicted molar refractivity (Wildman–Crippen MR) is 161 cm³/mol. The smallest absolute Gasteiger partial charge is 0.330 e. The van der Waals surface area contributed by atoms with E-state index < -0.39 is 67.8 Å². The van der Waals surface area contributed by atoms with E-state index in [4.69, 9.17) is 30.3 Å². The lowest BCUT2D eigenvalue weighted by Gasteiger charge is -2.26. The summed E-state index contributed by atoms with van der Waals surface area (Å²) < 4.78 is 37.7. The summed E-state index contributed by atoms with van der Waals surface area (Å²) >= 11 is 5.55. The lowest BCUT2D eigenvalue weighted by Crippen LogP contribution is -2.48. The van der Waals surface area contributed by atoms with Gasteiger partial charge in [0.05, 0.1) is 13.2 Å². The second kappa shape index (κ2) is 14.5. The third kappa shape index (κ3) is 7.60. The quantitative estimate of drug-likeness (QED) is 0.0925. The fraction of sp³-hybridized carbons (Fsp3) is 0.414. The van der Waals surface area contributed by atoms with Crippen molar-refractivity contribution in [2.75, 3.05) is 19.6 Å². The number of aliphatic hydroxyl groups excluding tert-OH is 1. The van der Waals surface area contributed by atoms with Crippen molar-refractivity contribution in [2.45, 2.75) is 56.8 Å². The van der Waals surface area contributed by atoms with Crippen molar-refractivity contribution in [3.8, 4) is 17.0 Å². The maximum atomic E-state index is 14.2. The maximum Gasteiger partial charge on any atom is 0.330 e. The van der Waals surface area contributed by atoms with Gasteiger partial charge in [0.25, 0.3) is 5.56 Å². The number of hydrogen-bond donors (Lipinski definition) is 4. The number of benzene rings is 2. The number of ether oxygens (including phenoxy) is 3. The Labute approximate surface area is 257 Å². The molecule has 1 aliphatic rings. The molecular formula is C29H33ClN3O10P. The van der Waals surface area contributed by atoms with E-state index in [1.165, 1.54) is 6.92 Å². The molecule has 0 radical (unpaired) electrons. The number of hydrogen-bond acceptors (Lipinski definition) is 10. The standard InChI is InChI=1S/C29H33ClN3O10P/c1-3-4-16-40-26(36)19(2)32-44(39,18-41-22-11-7-9-20-8-5-6-10-21(20)22)42-17-23-25(35)29(38,13-14-30)27(43-23)33-15-12-24(34)31-28(33)37/h5-12,15,19,23,25,27,35,38H,3-4,16-18H2,1-2H3,(H,32,39)(H,31,34,37)/t19-,23+,25?,27+,29?,44+/m0/s1. The number of nitrogens with zero attached hydrogens (tertiary/aromatic N) is 1. The van der Waals surface area contributed by atoms with Crippen LogP contribution in [0.5, 0.6) is 5.75 Å². The van der Waals surface area contributed by atoms with Crippen LogP contribution in [0.4, 0.5) is 0 Å². The average molecular weight is 650 g/mol. The number of aromatic amines is 1. The van der Waals surface area contributed by atoms with E-state index in [0.29, 0.717) is 12.2 Å². The van der Waals surface area contributed by atoms with Crippen LogP contribution in [0.2, 0.25) is 0 Å². The van der Waals surface area contributed by atoms with Gasteiger partial charge >= 0.3 is 19.2 Å². The van der Waals surface area contributed by atoms with Crippen molar-refractivity contribution in [3.05, 3.63) is 75.6 Å². The van der Waals surface area contributed by atoms with Crippen LogP contribution in [-0.2, 0) is 23.4 Å². The van der Waals surface area contributed by atoms with E-state index >= 15 is 0 Å². The highest BCUT2D eigenvalue weighted by atomic mass is 35.5. The highest BCUT2D eigenvalue weighted by Crippen LogP contribution is 2.46. The summed E-state index contributed by atoms with van der Waals surface area (Å²) in [7, 11) is -4.08. The van der Waals surface area contributed by atoms with Gasteiger partial charge in [0, 0.05) is 23.0 Å². The molecule has 1 saturated heterocycles. The van der Waals surface area contributed by atoms with Gasteiger partial charge in [0.2, 0.25) is 5.60 Å². The Morgan fingerprint density at radius 3 is 2.73 bits per heavy atom. The summed E-state index contributed by atoms with van der Waals surface area (Å²) in [5.41, 5.74) is -4.07. The molecule has 44 heavy (non-hydrogen) atoms. The average Bonchev–Trinajstić information content (AvgIpc) is 3.24. The molecule has 2 aromatic carbocycles. The number of halogens is 1. The first-order valence-electron chi connectivity index (χ1n) is 13.8. The van der Waals surface area contributed by atoms with Gasteiger partial charge in [-0.2, -0.15) is 0 Å². The minimum Gasteiger partial charge on any atom is -0.481 e. The van der Waals surface area contributed by atoms with E-state index in [1.807, 2.05) is 47.6 Å². The monoisotopic (exact) mass is 649 g/mol. The Morgan fingerprint density at radius 1 is 1.25 bits per heavy atom. The van der Waals surface area contributed by atoms with Crippen LogP contribution in [0, 0.1) is 11.3 Å². The van der Waals surface area contributed by atoms with Crippen LogP contribution >= 0.6 is 19.1 Å². The summed E-state index contributed by atoms with van der Waals surface area (Å²) in [6, 6.07) is 12.7. The van der Waals surface area contributed by atoms with E-state index in [0.717, 1.165) is 34.0 Å². The molecule has 15 heteroatoms. The fourth-order valence-corrected chi connectivity index (χ4v) is 6.34. The second-order valence-electron chi connectivity index (χ2n) is 10.1. The summed E-state index contributed by atoms with van der Waals surface area (Å²) in [5.74, 6) is 1.99. The SMILES string of the molecule is CCCCOC(=O)[C@H](C)N[P@@](=O)(COc1cccc2ccccc12)OC[C@H]1O[C@@H](n2ccc(=O)[nH]c2=O)C(O)(C#CCl)C1O. The lowest BCUT2D eigenvalue weighted by molar-refractivity contribution is -0.145. The molecule has 2 heterocycles. The summed E-state index contributed by atoms with van der Waals surface area (Å²) in [6.07, 6.45) is -2.87. The van der Waals surface area contributed by atoms with Crippen LogP contribution in [0.1, 0.15) is 32.9 Å². The van der Waals surface area contributed by atoms with Crippen molar-refractivity contribution in [3.63, 3.8) is 0 Å². The molecule has 4 N–H and O–H groups in total. The van der Waals surface area contributed by atoms with Gasteiger partial charge in [-0.05, 0) is 42.3 Å². The number of aliphatic hydroxyl groups is 2. The first kappa shape index (κ1) is 33.4. The van der Waals surface area contributed by atoms with Gasteiger partial charge in [-0.1, -0.05) is 49.7 Å². The number of esters is 1. The minimum absolute atomic E-state index is 0.187. The highest BCUT2D eigenvalue weighted by molar-refractivity contribution is 7.56. The molecule has 1 aromatic heterocycles. The normalized spacial score (nSPS) is 23.3. The van der Waals surface area contributed by atoms with Crippen molar-refractivity contribution in [2.24, 2.45) is 0 Å². The van der Waals surface area contributed by atoms with Gasteiger partial charge in [0.1, 0.15) is 24.0 Å². The van der Waals surface area contributed by atoms with Crippen molar-refractivity contribution in [1.82, 2.24) is 14.6 Å². The molecule has 3 aromatic rings. The topological polar surface area (TPSA) is 178 Å². The Bertz CT molecular complexity index is 1700. The minimum atomic E-state index is -4.08. The van der Waals surface area contributed by atoms with E-state index in [2.05, 4.69) is 11.0 Å². The lowest BCUT2D eigenvalue weighted by atomic mass is 9.95. The molecule has 0 amide bonds. The Hall–Kier alpha value is -3.47. The van der Waals surface area contributed by atoms with E-state index in [-0.39, 0.29) is 6.61 Å². The summed E-state index contributed by atoms with van der Waals surface area (Å²) in [5, 5.41) is 28.5. The van der Waals surface area contributed by atoms with Crippen LogP contribution in [0.15, 0.2) is 64.3 Å². The van der Waals surface area contributed by atoms with Crippen LogP contribution in [-0.4, -0.2) is 69.1 Å². The van der Waals surface area contributed by atoms with E-state index in [9.17, 15) is 29.2 Å². The van der Waals surface area contributed by atoms with Crippen LogP contribution in [0.25, 0.3) is 10.8 Å². The first-order valence-corrected chi connectivity index (χ1v) is 16.0. The molecule has 0 spiro atoms. The molecule has 13 nitrogen and oxygen atoms in total. The second-order valence-corrected chi connectivity index (χ2v) is 12.4. The first-order chi connectivity index (χ1) is 21.0. The molecule has 2 unspecified atom stereocenters. The zero-order valence-corrected chi connectivity index (χ0v) is 25.6. The van der Waals surface area contributed by atoms with Gasteiger partial charge in [-0.25, -0.2) is 9.88 Å². The van der Waals surface area contributed by atoms with Crippen molar-refractivity contribution >= 4 is 35.9 Å². The number of nitrogens with one attached hydrogen (secondary N) is 2. The van der Waals surface area contributed by atoms with E-state index in [1.54, 1.807) is 12.1 Å². The highest BCUT2D eigenvalue weighted by Gasteiger charge is 2.56. The molecule has 1 fully saturated rings. The molecule has 1 aliphatic heterocycles. The van der Waals surface area contributed by atoms with Gasteiger partial charge in [-0.3, -0.25) is 23.7 Å².